The summed E-state index contributed by atoms with van der Waals surface area (Å²) in [6, 6.07) is 14.2. The molecular formula is C19H18N2O2S. The van der Waals surface area contributed by atoms with E-state index in [1.54, 1.807) is 11.3 Å². The van der Waals surface area contributed by atoms with E-state index in [9.17, 15) is 4.79 Å². The summed E-state index contributed by atoms with van der Waals surface area (Å²) in [5, 5.41) is 1.08. The lowest BCUT2D eigenvalue weighted by Crippen LogP contribution is -2.40. The van der Waals surface area contributed by atoms with Gasteiger partial charge in [0.05, 0.1) is 28.4 Å². The molecular weight excluding hydrogens is 320 g/mol. The Hall–Kier alpha value is -2.24. The summed E-state index contributed by atoms with van der Waals surface area (Å²) < 4.78 is 6.49. The molecule has 0 atom stereocenters. The van der Waals surface area contributed by atoms with Gasteiger partial charge in [-0.2, -0.15) is 0 Å². The van der Waals surface area contributed by atoms with Crippen LogP contribution in [-0.2, 0) is 4.74 Å². The largest absolute Gasteiger partial charge is 0.378 e. The van der Waals surface area contributed by atoms with Gasteiger partial charge in [0.1, 0.15) is 0 Å². The van der Waals surface area contributed by atoms with Crippen LogP contribution in [0.5, 0.6) is 0 Å². The van der Waals surface area contributed by atoms with Crippen LogP contribution < -0.4 is 0 Å². The van der Waals surface area contributed by atoms with E-state index in [0.29, 0.717) is 26.3 Å². The van der Waals surface area contributed by atoms with Gasteiger partial charge in [0.2, 0.25) is 0 Å². The number of rotatable bonds is 2. The summed E-state index contributed by atoms with van der Waals surface area (Å²) in [6.07, 6.45) is 0. The highest BCUT2D eigenvalue weighted by Gasteiger charge is 2.18. The molecule has 1 aliphatic rings. The summed E-state index contributed by atoms with van der Waals surface area (Å²) in [5.41, 5.74) is 4.04. The van der Waals surface area contributed by atoms with Gasteiger partial charge in [0, 0.05) is 18.7 Å². The smallest absolute Gasteiger partial charge is 0.254 e. The molecule has 0 bridgehead atoms. The number of aromatic nitrogens is 1. The van der Waals surface area contributed by atoms with Crippen LogP contribution in [0.1, 0.15) is 15.4 Å². The van der Waals surface area contributed by atoms with Crippen molar-refractivity contribution in [3.05, 3.63) is 53.0 Å². The third-order valence-corrected chi connectivity index (χ3v) is 5.19. The minimum atomic E-state index is 0.0818. The minimum Gasteiger partial charge on any atom is -0.378 e. The van der Waals surface area contributed by atoms with E-state index in [0.717, 1.165) is 27.2 Å². The van der Waals surface area contributed by atoms with Gasteiger partial charge < -0.3 is 9.64 Å². The SMILES string of the molecule is Cc1nc2ccc(-c3ccc(C(=O)N4CCOCC4)cc3)cc2s1. The fourth-order valence-corrected chi connectivity index (χ4v) is 3.84. The number of fused-ring (bicyclic) bond motifs is 1. The quantitative estimate of drug-likeness (QED) is 0.715. The molecule has 3 aromatic rings. The van der Waals surface area contributed by atoms with Crippen LogP contribution >= 0.6 is 11.3 Å². The van der Waals surface area contributed by atoms with Crippen molar-refractivity contribution in [3.8, 4) is 11.1 Å². The molecule has 0 saturated carbocycles. The van der Waals surface area contributed by atoms with Crippen molar-refractivity contribution in [1.82, 2.24) is 9.88 Å². The van der Waals surface area contributed by atoms with Crippen LogP contribution in [-0.4, -0.2) is 42.1 Å². The molecule has 1 saturated heterocycles. The van der Waals surface area contributed by atoms with Crippen molar-refractivity contribution in [3.63, 3.8) is 0 Å². The van der Waals surface area contributed by atoms with Crippen LogP contribution in [0.4, 0.5) is 0 Å². The van der Waals surface area contributed by atoms with Gasteiger partial charge in [-0.05, 0) is 42.3 Å². The molecule has 1 fully saturated rings. The number of ether oxygens (including phenoxy) is 1. The average Bonchev–Trinajstić information content (AvgIpc) is 3.01. The maximum Gasteiger partial charge on any atom is 0.254 e. The van der Waals surface area contributed by atoms with E-state index in [1.807, 2.05) is 36.1 Å². The molecule has 0 unspecified atom stereocenters. The lowest BCUT2D eigenvalue weighted by Gasteiger charge is -2.26. The van der Waals surface area contributed by atoms with Crippen LogP contribution in [0.25, 0.3) is 21.3 Å². The Morgan fingerprint density at radius 2 is 1.79 bits per heavy atom. The zero-order valence-electron chi connectivity index (χ0n) is 13.5. The van der Waals surface area contributed by atoms with E-state index in [-0.39, 0.29) is 5.91 Å². The molecule has 0 N–H and O–H groups in total. The first-order valence-electron chi connectivity index (χ1n) is 8.05. The molecule has 0 spiro atoms. The molecule has 2 aromatic carbocycles. The monoisotopic (exact) mass is 338 g/mol. The Balaban J connectivity index is 1.58. The Kier molecular flexibility index (Phi) is 4.04. The van der Waals surface area contributed by atoms with Crippen molar-refractivity contribution in [2.45, 2.75) is 6.92 Å². The molecule has 122 valence electrons. The molecule has 1 amide bonds. The number of nitrogens with zero attached hydrogens (tertiary/aromatic N) is 2. The number of hydrogen-bond donors (Lipinski definition) is 0. The third kappa shape index (κ3) is 2.92. The number of carbonyl (C=O) groups is 1. The summed E-state index contributed by atoms with van der Waals surface area (Å²) >= 11 is 1.70. The Morgan fingerprint density at radius 3 is 2.54 bits per heavy atom. The first-order chi connectivity index (χ1) is 11.7. The summed E-state index contributed by atoms with van der Waals surface area (Å²) in [6.45, 7) is 4.61. The zero-order valence-corrected chi connectivity index (χ0v) is 14.3. The zero-order chi connectivity index (χ0) is 16.5. The summed E-state index contributed by atoms with van der Waals surface area (Å²) in [5.74, 6) is 0.0818. The van der Waals surface area contributed by atoms with Crippen molar-refractivity contribution in [2.75, 3.05) is 26.3 Å². The predicted octanol–water partition coefficient (Wildman–Crippen LogP) is 3.74. The van der Waals surface area contributed by atoms with E-state index in [2.05, 4.69) is 23.2 Å². The maximum absolute atomic E-state index is 12.5. The second kappa shape index (κ2) is 6.34. The molecule has 5 heteroatoms. The molecule has 1 aliphatic heterocycles. The highest BCUT2D eigenvalue weighted by molar-refractivity contribution is 7.18. The fraction of sp³-hybridized carbons (Fsp3) is 0.263. The van der Waals surface area contributed by atoms with Gasteiger partial charge in [-0.15, -0.1) is 11.3 Å². The standard InChI is InChI=1S/C19H18N2O2S/c1-13-20-17-7-6-16(12-18(17)24-13)14-2-4-15(5-3-14)19(22)21-8-10-23-11-9-21/h2-7,12H,8-11H2,1H3. The number of hydrogen-bond acceptors (Lipinski definition) is 4. The molecule has 2 heterocycles. The first kappa shape index (κ1) is 15.3. The van der Waals surface area contributed by atoms with Gasteiger partial charge in [-0.25, -0.2) is 4.98 Å². The Bertz CT molecular complexity index is 880. The van der Waals surface area contributed by atoms with Crippen molar-refractivity contribution >= 4 is 27.5 Å². The summed E-state index contributed by atoms with van der Waals surface area (Å²) in [7, 11) is 0. The van der Waals surface area contributed by atoms with Gasteiger partial charge in [-0.1, -0.05) is 18.2 Å². The van der Waals surface area contributed by atoms with E-state index in [4.69, 9.17) is 4.74 Å². The van der Waals surface area contributed by atoms with Crippen LogP contribution in [0, 0.1) is 6.92 Å². The van der Waals surface area contributed by atoms with Gasteiger partial charge in [-0.3, -0.25) is 4.79 Å². The number of benzene rings is 2. The topological polar surface area (TPSA) is 42.4 Å². The van der Waals surface area contributed by atoms with E-state index < -0.39 is 0 Å². The Morgan fingerprint density at radius 1 is 1.08 bits per heavy atom. The van der Waals surface area contributed by atoms with Crippen molar-refractivity contribution < 1.29 is 9.53 Å². The van der Waals surface area contributed by atoms with E-state index >= 15 is 0 Å². The molecule has 0 radical (unpaired) electrons. The number of morpholine rings is 1. The lowest BCUT2D eigenvalue weighted by molar-refractivity contribution is 0.0303. The van der Waals surface area contributed by atoms with Gasteiger partial charge in [0.15, 0.2) is 0 Å². The lowest BCUT2D eigenvalue weighted by atomic mass is 10.0. The normalized spacial score (nSPS) is 15.0. The van der Waals surface area contributed by atoms with Crippen LogP contribution in [0.3, 0.4) is 0 Å². The average molecular weight is 338 g/mol. The molecule has 0 aliphatic carbocycles. The van der Waals surface area contributed by atoms with Crippen LogP contribution in [0.15, 0.2) is 42.5 Å². The molecule has 4 nitrogen and oxygen atoms in total. The van der Waals surface area contributed by atoms with Gasteiger partial charge in [0.25, 0.3) is 5.91 Å². The van der Waals surface area contributed by atoms with E-state index in [1.165, 1.54) is 4.70 Å². The second-order valence-corrected chi connectivity index (χ2v) is 7.13. The summed E-state index contributed by atoms with van der Waals surface area (Å²) in [4.78, 5) is 18.8. The predicted molar refractivity (Wildman–Crippen MR) is 96.5 cm³/mol. The first-order valence-corrected chi connectivity index (χ1v) is 8.87. The minimum absolute atomic E-state index is 0.0818. The number of carbonyl (C=O) groups excluding carboxylic acids is 1. The Labute approximate surface area is 144 Å². The highest BCUT2D eigenvalue weighted by atomic mass is 32.1. The maximum atomic E-state index is 12.5. The molecule has 4 rings (SSSR count). The molecule has 24 heavy (non-hydrogen) atoms. The number of thiazole rings is 1. The number of amides is 1. The second-order valence-electron chi connectivity index (χ2n) is 5.90. The van der Waals surface area contributed by atoms with Crippen molar-refractivity contribution in [1.29, 1.82) is 0 Å². The molecule has 1 aromatic heterocycles. The van der Waals surface area contributed by atoms with Crippen LogP contribution in [0.2, 0.25) is 0 Å². The highest BCUT2D eigenvalue weighted by Crippen LogP contribution is 2.28. The van der Waals surface area contributed by atoms with Crippen molar-refractivity contribution in [2.24, 2.45) is 0 Å². The third-order valence-electron chi connectivity index (χ3n) is 4.26. The number of aryl methyl sites for hydroxylation is 1. The fourth-order valence-electron chi connectivity index (χ4n) is 2.97. The van der Waals surface area contributed by atoms with Gasteiger partial charge >= 0.3 is 0 Å².